The summed E-state index contributed by atoms with van der Waals surface area (Å²) in [5, 5.41) is 19.0. The van der Waals surface area contributed by atoms with Crippen molar-refractivity contribution in [3.8, 4) is 0 Å². The minimum absolute atomic E-state index is 0.558. The molecule has 1 aromatic rings. The summed E-state index contributed by atoms with van der Waals surface area (Å²) in [6.45, 7) is 2.24. The lowest BCUT2D eigenvalue weighted by Gasteiger charge is -1.98. The van der Waals surface area contributed by atoms with Gasteiger partial charge >= 0.3 is 11.9 Å². The molecule has 1 fully saturated rings. The van der Waals surface area contributed by atoms with Crippen LogP contribution in [0, 0.1) is 5.92 Å². The lowest BCUT2D eigenvalue weighted by molar-refractivity contribution is -0.134. The molecular formula is C14H17N3O4. The van der Waals surface area contributed by atoms with Crippen LogP contribution < -0.4 is 5.32 Å². The van der Waals surface area contributed by atoms with Crippen LogP contribution in [0.15, 0.2) is 36.9 Å². The Labute approximate surface area is 122 Å². The van der Waals surface area contributed by atoms with E-state index in [1.165, 1.54) is 6.42 Å². The zero-order valence-electron chi connectivity index (χ0n) is 11.3. The average Bonchev–Trinajstić information content (AvgIpc) is 2.98. The number of carboxylic acid groups (broad SMARTS) is 2. The second-order valence-electron chi connectivity index (χ2n) is 4.29. The van der Waals surface area contributed by atoms with Gasteiger partial charge in [-0.3, -0.25) is 0 Å². The van der Waals surface area contributed by atoms with E-state index in [2.05, 4.69) is 27.4 Å². The Morgan fingerprint density at radius 2 is 1.81 bits per heavy atom. The van der Waals surface area contributed by atoms with Crippen molar-refractivity contribution >= 4 is 18.0 Å². The molecule has 2 heterocycles. The molecule has 7 heteroatoms. The molecule has 1 saturated heterocycles. The molecule has 21 heavy (non-hydrogen) atoms. The number of carboxylic acids is 2. The van der Waals surface area contributed by atoms with E-state index in [4.69, 9.17) is 10.2 Å². The number of nitrogens with zero attached hydrogens (tertiary/aromatic N) is 2. The maximum atomic E-state index is 9.55. The minimum Gasteiger partial charge on any atom is -0.478 e. The summed E-state index contributed by atoms with van der Waals surface area (Å²) in [6.07, 6.45) is 11.9. The summed E-state index contributed by atoms with van der Waals surface area (Å²) in [5.41, 5.74) is 1.08. The summed E-state index contributed by atoms with van der Waals surface area (Å²) < 4.78 is 0. The van der Waals surface area contributed by atoms with Crippen molar-refractivity contribution in [1.82, 2.24) is 15.3 Å². The Hall–Kier alpha value is -2.54. The van der Waals surface area contributed by atoms with Crippen LogP contribution in [0.5, 0.6) is 0 Å². The van der Waals surface area contributed by atoms with Crippen LogP contribution in [0.25, 0.3) is 6.08 Å². The van der Waals surface area contributed by atoms with Crippen LogP contribution in [0.3, 0.4) is 0 Å². The number of hydrogen-bond acceptors (Lipinski definition) is 5. The first-order chi connectivity index (χ1) is 10.1. The molecule has 1 atom stereocenters. The molecule has 0 unspecified atom stereocenters. The molecule has 1 aliphatic rings. The zero-order valence-corrected chi connectivity index (χ0v) is 11.3. The normalized spacial score (nSPS) is 17.6. The third kappa shape index (κ3) is 8.27. The second-order valence-corrected chi connectivity index (χ2v) is 4.29. The van der Waals surface area contributed by atoms with Gasteiger partial charge in [-0.25, -0.2) is 19.6 Å². The number of aromatic nitrogens is 2. The number of hydrogen-bond donors (Lipinski definition) is 3. The molecule has 1 aromatic heterocycles. The molecule has 0 aliphatic carbocycles. The second kappa shape index (κ2) is 9.38. The van der Waals surface area contributed by atoms with Crippen molar-refractivity contribution in [3.63, 3.8) is 0 Å². The Bertz CT molecular complexity index is 492. The van der Waals surface area contributed by atoms with E-state index in [9.17, 15) is 9.59 Å². The van der Waals surface area contributed by atoms with Crippen LogP contribution in [-0.4, -0.2) is 45.2 Å². The van der Waals surface area contributed by atoms with Crippen molar-refractivity contribution < 1.29 is 19.8 Å². The predicted molar refractivity (Wildman–Crippen MR) is 76.5 cm³/mol. The molecule has 1 aliphatic heterocycles. The van der Waals surface area contributed by atoms with Crippen LogP contribution >= 0.6 is 0 Å². The number of carbonyl (C=O) groups is 2. The van der Waals surface area contributed by atoms with E-state index in [0.29, 0.717) is 18.1 Å². The largest absolute Gasteiger partial charge is 0.478 e. The monoisotopic (exact) mass is 291 g/mol. The highest BCUT2D eigenvalue weighted by Crippen LogP contribution is 2.10. The first kappa shape index (κ1) is 16.5. The smallest absolute Gasteiger partial charge is 0.328 e. The average molecular weight is 291 g/mol. The summed E-state index contributed by atoms with van der Waals surface area (Å²) >= 11 is 0. The highest BCUT2D eigenvalue weighted by atomic mass is 16.4. The van der Waals surface area contributed by atoms with E-state index in [1.807, 2.05) is 12.4 Å². The van der Waals surface area contributed by atoms with E-state index >= 15 is 0 Å². The molecule has 7 nitrogen and oxygen atoms in total. The Morgan fingerprint density at radius 1 is 1.19 bits per heavy atom. The van der Waals surface area contributed by atoms with E-state index < -0.39 is 11.9 Å². The van der Waals surface area contributed by atoms with Crippen LogP contribution in [0.2, 0.25) is 0 Å². The van der Waals surface area contributed by atoms with Gasteiger partial charge in [0.05, 0.1) is 0 Å². The number of rotatable bonds is 4. The zero-order chi connectivity index (χ0) is 15.5. The Kier molecular flexibility index (Phi) is 7.37. The fourth-order valence-corrected chi connectivity index (χ4v) is 1.63. The first-order valence-electron chi connectivity index (χ1n) is 6.36. The molecule has 0 bridgehead atoms. The lowest BCUT2D eigenvalue weighted by atomic mass is 10.1. The molecule has 0 saturated carbocycles. The molecule has 0 radical (unpaired) electrons. The quantitative estimate of drug-likeness (QED) is 0.704. The van der Waals surface area contributed by atoms with Gasteiger partial charge in [0.15, 0.2) is 0 Å². The number of aliphatic carboxylic acids is 2. The molecule has 0 aromatic carbocycles. The lowest BCUT2D eigenvalue weighted by Crippen LogP contribution is -2.07. The van der Waals surface area contributed by atoms with Gasteiger partial charge in [-0.2, -0.15) is 0 Å². The maximum absolute atomic E-state index is 9.55. The van der Waals surface area contributed by atoms with Crippen molar-refractivity contribution in [3.05, 3.63) is 42.5 Å². The van der Waals surface area contributed by atoms with Gasteiger partial charge in [0.25, 0.3) is 0 Å². The van der Waals surface area contributed by atoms with Gasteiger partial charge < -0.3 is 15.5 Å². The number of nitrogens with one attached hydrogen (secondary N) is 1. The van der Waals surface area contributed by atoms with Crippen LogP contribution in [-0.2, 0) is 9.59 Å². The Balaban J connectivity index is 0.000000240. The van der Waals surface area contributed by atoms with E-state index in [0.717, 1.165) is 18.7 Å². The van der Waals surface area contributed by atoms with Crippen LogP contribution in [0.4, 0.5) is 0 Å². The summed E-state index contributed by atoms with van der Waals surface area (Å²) in [7, 11) is 0. The molecule has 112 valence electrons. The van der Waals surface area contributed by atoms with Gasteiger partial charge in [0.1, 0.15) is 6.33 Å². The SMILES string of the molecule is C(=C\[C@H]1CCNC1)/c1cncnc1.O=C(O)/C=C\C(=O)O. The predicted octanol–water partition coefficient (Wildman–Crippen LogP) is 0.811. The fourth-order valence-electron chi connectivity index (χ4n) is 1.63. The fraction of sp³-hybridized carbons (Fsp3) is 0.286. The van der Waals surface area contributed by atoms with Gasteiger partial charge in [-0.15, -0.1) is 0 Å². The third-order valence-electron chi connectivity index (χ3n) is 2.61. The van der Waals surface area contributed by atoms with Crippen molar-refractivity contribution in [2.24, 2.45) is 5.92 Å². The molecule has 0 amide bonds. The molecule has 0 spiro atoms. The summed E-state index contributed by atoms with van der Waals surface area (Å²) in [6, 6.07) is 0. The third-order valence-corrected chi connectivity index (χ3v) is 2.61. The van der Waals surface area contributed by atoms with Crippen molar-refractivity contribution in [2.75, 3.05) is 13.1 Å². The summed E-state index contributed by atoms with van der Waals surface area (Å²) in [5.74, 6) is -1.83. The van der Waals surface area contributed by atoms with Crippen molar-refractivity contribution in [2.45, 2.75) is 6.42 Å². The van der Waals surface area contributed by atoms with Crippen LogP contribution in [0.1, 0.15) is 12.0 Å². The van der Waals surface area contributed by atoms with Crippen molar-refractivity contribution in [1.29, 1.82) is 0 Å². The van der Waals surface area contributed by atoms with Gasteiger partial charge in [0.2, 0.25) is 0 Å². The van der Waals surface area contributed by atoms with E-state index in [-0.39, 0.29) is 0 Å². The Morgan fingerprint density at radius 3 is 2.29 bits per heavy atom. The standard InChI is InChI=1S/C10H13N3.C4H4O4/c1(9-3-4-11-5-9)2-10-6-12-8-13-7-10;5-3(6)1-2-4(7)8/h1-2,6-9,11H,3-5H2;1-2H,(H,5,6)(H,7,8)/b2-1+;2-1-/t9-;/m0./s1. The minimum atomic E-state index is -1.26. The van der Waals surface area contributed by atoms with Gasteiger partial charge in [0, 0.05) is 36.7 Å². The van der Waals surface area contributed by atoms with Gasteiger partial charge in [-0.05, 0) is 18.9 Å². The summed E-state index contributed by atoms with van der Waals surface area (Å²) in [4.78, 5) is 27.0. The highest BCUT2D eigenvalue weighted by molar-refractivity contribution is 5.89. The topological polar surface area (TPSA) is 112 Å². The maximum Gasteiger partial charge on any atom is 0.328 e. The van der Waals surface area contributed by atoms with Gasteiger partial charge in [-0.1, -0.05) is 12.2 Å². The molecule has 2 rings (SSSR count). The molecule has 3 N–H and O–H groups in total. The highest BCUT2D eigenvalue weighted by Gasteiger charge is 2.09. The van der Waals surface area contributed by atoms with E-state index in [1.54, 1.807) is 6.33 Å². The first-order valence-corrected chi connectivity index (χ1v) is 6.36. The molecular weight excluding hydrogens is 274 g/mol.